The molecular formula is C9H14N2O3. The number of carboxylic acids is 1. The molecule has 0 radical (unpaired) electrons. The van der Waals surface area contributed by atoms with Crippen LogP contribution in [-0.4, -0.2) is 34.1 Å². The van der Waals surface area contributed by atoms with Crippen molar-refractivity contribution < 1.29 is 14.6 Å². The van der Waals surface area contributed by atoms with E-state index in [0.29, 0.717) is 12.2 Å². The summed E-state index contributed by atoms with van der Waals surface area (Å²) in [4.78, 5) is 10.7. The standard InChI is InChI=1S/C9H14N2O3/c1-6(14-3)4-11-5-8(9(12)13)7(2)10-11/h5-6H,4H2,1-3H3,(H,12,13). The molecule has 1 unspecified atom stereocenters. The van der Waals surface area contributed by atoms with E-state index in [0.717, 1.165) is 0 Å². The van der Waals surface area contributed by atoms with E-state index in [4.69, 9.17) is 9.84 Å². The third-order valence-electron chi connectivity index (χ3n) is 2.02. The van der Waals surface area contributed by atoms with E-state index in [-0.39, 0.29) is 11.7 Å². The first-order valence-electron chi connectivity index (χ1n) is 4.34. The molecule has 0 spiro atoms. The monoisotopic (exact) mass is 198 g/mol. The molecule has 0 aliphatic heterocycles. The molecule has 1 aromatic rings. The summed E-state index contributed by atoms with van der Waals surface area (Å²) in [7, 11) is 1.61. The molecule has 1 heterocycles. The SMILES string of the molecule is COC(C)Cn1cc(C(=O)O)c(C)n1. The molecule has 0 aliphatic rings. The zero-order valence-corrected chi connectivity index (χ0v) is 8.52. The third-order valence-corrected chi connectivity index (χ3v) is 2.02. The number of ether oxygens (including phenoxy) is 1. The second-order valence-electron chi connectivity index (χ2n) is 3.20. The fourth-order valence-electron chi connectivity index (χ4n) is 1.16. The Morgan fingerprint density at radius 2 is 2.43 bits per heavy atom. The van der Waals surface area contributed by atoms with E-state index in [1.165, 1.54) is 6.20 Å². The molecule has 0 aromatic carbocycles. The Bertz CT molecular complexity index is 333. The lowest BCUT2D eigenvalue weighted by atomic mass is 10.3. The molecule has 0 saturated carbocycles. The van der Waals surface area contributed by atoms with Crippen LogP contribution < -0.4 is 0 Å². The number of carbonyl (C=O) groups is 1. The summed E-state index contributed by atoms with van der Waals surface area (Å²) < 4.78 is 6.65. The van der Waals surface area contributed by atoms with Crippen LogP contribution in [0.25, 0.3) is 0 Å². The highest BCUT2D eigenvalue weighted by Gasteiger charge is 2.12. The number of aryl methyl sites for hydroxylation is 1. The predicted octanol–water partition coefficient (Wildman–Crippen LogP) is 0.925. The van der Waals surface area contributed by atoms with E-state index >= 15 is 0 Å². The van der Waals surface area contributed by atoms with Gasteiger partial charge in [0.05, 0.1) is 18.3 Å². The lowest BCUT2D eigenvalue weighted by Crippen LogP contribution is -2.15. The maximum absolute atomic E-state index is 10.7. The largest absolute Gasteiger partial charge is 0.478 e. The van der Waals surface area contributed by atoms with E-state index < -0.39 is 5.97 Å². The average Bonchev–Trinajstić information content (AvgIpc) is 2.46. The van der Waals surface area contributed by atoms with Gasteiger partial charge in [0.1, 0.15) is 5.56 Å². The number of hydrogen-bond donors (Lipinski definition) is 1. The Hall–Kier alpha value is -1.36. The van der Waals surface area contributed by atoms with Crippen molar-refractivity contribution in [3.8, 4) is 0 Å². The van der Waals surface area contributed by atoms with Crippen molar-refractivity contribution in [1.29, 1.82) is 0 Å². The van der Waals surface area contributed by atoms with Gasteiger partial charge in [-0.2, -0.15) is 5.10 Å². The maximum Gasteiger partial charge on any atom is 0.339 e. The molecule has 1 aromatic heterocycles. The number of aromatic nitrogens is 2. The van der Waals surface area contributed by atoms with Crippen molar-refractivity contribution >= 4 is 5.97 Å². The first-order chi connectivity index (χ1) is 6.54. The van der Waals surface area contributed by atoms with Gasteiger partial charge < -0.3 is 9.84 Å². The molecule has 0 amide bonds. The Morgan fingerprint density at radius 1 is 1.79 bits per heavy atom. The molecule has 0 aliphatic carbocycles. The van der Waals surface area contributed by atoms with Crippen LogP contribution in [0.15, 0.2) is 6.20 Å². The van der Waals surface area contributed by atoms with Crippen LogP contribution >= 0.6 is 0 Å². The molecule has 0 bridgehead atoms. The molecule has 78 valence electrons. The minimum atomic E-state index is -0.946. The number of methoxy groups -OCH3 is 1. The predicted molar refractivity (Wildman–Crippen MR) is 50.4 cm³/mol. The van der Waals surface area contributed by atoms with Crippen molar-refractivity contribution in [1.82, 2.24) is 9.78 Å². The van der Waals surface area contributed by atoms with Gasteiger partial charge in [0, 0.05) is 13.3 Å². The van der Waals surface area contributed by atoms with Crippen molar-refractivity contribution in [3.63, 3.8) is 0 Å². The van der Waals surface area contributed by atoms with Crippen LogP contribution in [0.1, 0.15) is 23.0 Å². The molecule has 5 nitrogen and oxygen atoms in total. The number of nitrogens with zero attached hydrogens (tertiary/aromatic N) is 2. The van der Waals surface area contributed by atoms with Crippen molar-refractivity contribution in [2.75, 3.05) is 7.11 Å². The van der Waals surface area contributed by atoms with Gasteiger partial charge in [-0.05, 0) is 13.8 Å². The molecule has 1 N–H and O–H groups in total. The minimum Gasteiger partial charge on any atom is -0.478 e. The van der Waals surface area contributed by atoms with Gasteiger partial charge in [-0.1, -0.05) is 0 Å². The van der Waals surface area contributed by atoms with Gasteiger partial charge in [0.15, 0.2) is 0 Å². The molecule has 14 heavy (non-hydrogen) atoms. The Morgan fingerprint density at radius 3 is 2.86 bits per heavy atom. The summed E-state index contributed by atoms with van der Waals surface area (Å²) >= 11 is 0. The van der Waals surface area contributed by atoms with Gasteiger partial charge in [-0.15, -0.1) is 0 Å². The van der Waals surface area contributed by atoms with Gasteiger partial charge in [0.25, 0.3) is 0 Å². The van der Waals surface area contributed by atoms with Crippen LogP contribution in [-0.2, 0) is 11.3 Å². The first kappa shape index (κ1) is 10.7. The minimum absolute atomic E-state index is 0.0240. The number of carboxylic acid groups (broad SMARTS) is 1. The van der Waals surface area contributed by atoms with E-state index in [9.17, 15) is 4.79 Å². The van der Waals surface area contributed by atoms with Gasteiger partial charge in [-0.3, -0.25) is 4.68 Å². The normalized spacial score (nSPS) is 12.8. The van der Waals surface area contributed by atoms with Crippen molar-refractivity contribution in [2.45, 2.75) is 26.5 Å². The first-order valence-corrected chi connectivity index (χ1v) is 4.34. The highest BCUT2D eigenvalue weighted by Crippen LogP contribution is 2.06. The van der Waals surface area contributed by atoms with Crippen molar-refractivity contribution in [3.05, 3.63) is 17.5 Å². The lowest BCUT2D eigenvalue weighted by molar-refractivity contribution is 0.0695. The zero-order chi connectivity index (χ0) is 10.7. The van der Waals surface area contributed by atoms with Gasteiger partial charge >= 0.3 is 5.97 Å². The second-order valence-corrected chi connectivity index (χ2v) is 3.20. The fourth-order valence-corrected chi connectivity index (χ4v) is 1.16. The quantitative estimate of drug-likeness (QED) is 0.781. The molecule has 0 saturated heterocycles. The Kier molecular flexibility index (Phi) is 3.24. The summed E-state index contributed by atoms with van der Waals surface area (Å²) in [5, 5.41) is 12.9. The zero-order valence-electron chi connectivity index (χ0n) is 8.52. The highest BCUT2D eigenvalue weighted by molar-refractivity contribution is 5.88. The summed E-state index contributed by atoms with van der Waals surface area (Å²) in [6, 6.07) is 0. The maximum atomic E-state index is 10.7. The summed E-state index contributed by atoms with van der Waals surface area (Å²) in [6.45, 7) is 4.14. The van der Waals surface area contributed by atoms with E-state index in [1.807, 2.05) is 6.92 Å². The summed E-state index contributed by atoms with van der Waals surface area (Å²) in [5.41, 5.74) is 0.772. The fraction of sp³-hybridized carbons (Fsp3) is 0.556. The summed E-state index contributed by atoms with van der Waals surface area (Å²) in [6.07, 6.45) is 1.55. The number of rotatable bonds is 4. The van der Waals surface area contributed by atoms with E-state index in [1.54, 1.807) is 18.7 Å². The van der Waals surface area contributed by atoms with Crippen LogP contribution in [0.2, 0.25) is 0 Å². The van der Waals surface area contributed by atoms with Crippen LogP contribution in [0.3, 0.4) is 0 Å². The Labute approximate surface area is 82.3 Å². The van der Waals surface area contributed by atoms with Crippen LogP contribution in [0.4, 0.5) is 0 Å². The van der Waals surface area contributed by atoms with E-state index in [2.05, 4.69) is 5.10 Å². The van der Waals surface area contributed by atoms with Gasteiger partial charge in [-0.25, -0.2) is 4.79 Å². The van der Waals surface area contributed by atoms with Crippen LogP contribution in [0.5, 0.6) is 0 Å². The molecule has 5 heteroatoms. The molecule has 1 rings (SSSR count). The topological polar surface area (TPSA) is 64.3 Å². The van der Waals surface area contributed by atoms with Gasteiger partial charge in [0.2, 0.25) is 0 Å². The number of aromatic carboxylic acids is 1. The molecular weight excluding hydrogens is 184 g/mol. The second kappa shape index (κ2) is 4.23. The number of hydrogen-bond acceptors (Lipinski definition) is 3. The average molecular weight is 198 g/mol. The lowest BCUT2D eigenvalue weighted by Gasteiger charge is -2.08. The van der Waals surface area contributed by atoms with Crippen LogP contribution in [0, 0.1) is 6.92 Å². The van der Waals surface area contributed by atoms with Crippen molar-refractivity contribution in [2.24, 2.45) is 0 Å². The Balaban J connectivity index is 2.81. The highest BCUT2D eigenvalue weighted by atomic mass is 16.5. The smallest absolute Gasteiger partial charge is 0.339 e. The summed E-state index contributed by atoms with van der Waals surface area (Å²) in [5.74, 6) is -0.946. The molecule has 0 fully saturated rings. The molecule has 1 atom stereocenters. The third kappa shape index (κ3) is 2.32.